The van der Waals surface area contributed by atoms with Crippen molar-refractivity contribution in [3.8, 4) is 11.3 Å². The van der Waals surface area contributed by atoms with Gasteiger partial charge in [-0.25, -0.2) is 4.39 Å². The Hall–Kier alpha value is -3.41. The van der Waals surface area contributed by atoms with Gasteiger partial charge < -0.3 is 14.6 Å². The molecule has 4 rings (SSSR count). The highest BCUT2D eigenvalue weighted by Gasteiger charge is 2.29. The lowest BCUT2D eigenvalue weighted by molar-refractivity contribution is 0.0603. The summed E-state index contributed by atoms with van der Waals surface area (Å²) < 4.78 is 18.6. The summed E-state index contributed by atoms with van der Waals surface area (Å²) in [5.74, 6) is -0.0744. The van der Waals surface area contributed by atoms with E-state index < -0.39 is 0 Å². The molecule has 3 aromatic rings. The van der Waals surface area contributed by atoms with Crippen LogP contribution in [0.1, 0.15) is 40.0 Å². The normalized spacial score (nSPS) is 16.3. The third kappa shape index (κ3) is 4.27. The fraction of sp³-hybridized carbons (Fsp3) is 0.250. The number of likely N-dealkylation sites (tertiary alicyclic amines) is 1. The largest absolute Gasteiger partial charge is 0.464 e. The molecule has 1 aliphatic heterocycles. The molecule has 1 atom stereocenters. The summed E-state index contributed by atoms with van der Waals surface area (Å²) in [7, 11) is 0. The van der Waals surface area contributed by atoms with Crippen molar-refractivity contribution in [2.45, 2.75) is 25.3 Å². The van der Waals surface area contributed by atoms with E-state index in [2.05, 4.69) is 5.32 Å². The second kappa shape index (κ2) is 8.95. The van der Waals surface area contributed by atoms with Gasteiger partial charge >= 0.3 is 0 Å². The maximum Gasteiger partial charge on any atom is 0.254 e. The fourth-order valence-electron chi connectivity index (χ4n) is 3.86. The second-order valence-corrected chi connectivity index (χ2v) is 7.39. The van der Waals surface area contributed by atoms with Gasteiger partial charge in [0, 0.05) is 30.3 Å². The molecular formula is C24H23FN2O3. The highest BCUT2D eigenvalue weighted by molar-refractivity contribution is 6.00. The van der Waals surface area contributed by atoms with Crippen molar-refractivity contribution in [3.05, 3.63) is 83.9 Å². The lowest BCUT2D eigenvalue weighted by atomic mass is 9.98. The van der Waals surface area contributed by atoms with Gasteiger partial charge in [0.15, 0.2) is 0 Å². The van der Waals surface area contributed by atoms with Gasteiger partial charge in [0.05, 0.1) is 11.8 Å². The number of benzene rings is 2. The van der Waals surface area contributed by atoms with Crippen LogP contribution in [-0.2, 0) is 0 Å². The van der Waals surface area contributed by atoms with Crippen LogP contribution in [0.4, 0.5) is 4.39 Å². The Kier molecular flexibility index (Phi) is 5.93. The summed E-state index contributed by atoms with van der Waals surface area (Å²) in [5.41, 5.74) is 1.74. The summed E-state index contributed by atoms with van der Waals surface area (Å²) in [5, 5.41) is 2.89. The van der Waals surface area contributed by atoms with Gasteiger partial charge in [0.1, 0.15) is 11.6 Å². The molecule has 0 aliphatic carbocycles. The van der Waals surface area contributed by atoms with Crippen LogP contribution in [0.5, 0.6) is 0 Å². The highest BCUT2D eigenvalue weighted by atomic mass is 19.1. The number of nitrogens with one attached hydrogen (secondary N) is 1. The Morgan fingerprint density at radius 2 is 1.83 bits per heavy atom. The molecule has 0 bridgehead atoms. The van der Waals surface area contributed by atoms with Crippen molar-refractivity contribution in [2.24, 2.45) is 0 Å². The van der Waals surface area contributed by atoms with Crippen LogP contribution in [0.25, 0.3) is 11.3 Å². The zero-order valence-electron chi connectivity index (χ0n) is 16.5. The molecule has 6 heteroatoms. The summed E-state index contributed by atoms with van der Waals surface area (Å²) in [4.78, 5) is 27.7. The maximum atomic E-state index is 13.4. The Labute approximate surface area is 174 Å². The van der Waals surface area contributed by atoms with E-state index in [1.165, 1.54) is 24.3 Å². The highest BCUT2D eigenvalue weighted by Crippen LogP contribution is 2.27. The molecule has 0 spiro atoms. The topological polar surface area (TPSA) is 62.6 Å². The SMILES string of the molecule is O=C(NCC1CCCCN1C(=O)c1ccccc1-c1ccco1)c1ccc(F)cc1. The first-order valence-corrected chi connectivity index (χ1v) is 10.1. The zero-order valence-corrected chi connectivity index (χ0v) is 16.5. The molecule has 154 valence electrons. The standard InChI is InChI=1S/C24H23FN2O3/c25-18-12-10-17(11-13-18)23(28)26-16-19-6-3-4-14-27(19)24(29)21-8-2-1-7-20(21)22-9-5-15-30-22/h1-2,5,7-13,15,19H,3-4,6,14,16H2,(H,26,28). The average molecular weight is 406 g/mol. The number of piperidine rings is 1. The van der Waals surface area contributed by atoms with E-state index in [4.69, 9.17) is 4.42 Å². The predicted molar refractivity (Wildman–Crippen MR) is 112 cm³/mol. The quantitative estimate of drug-likeness (QED) is 0.678. The molecule has 1 fully saturated rings. The van der Waals surface area contributed by atoms with Gasteiger partial charge in [-0.05, 0) is 61.7 Å². The number of hydrogen-bond donors (Lipinski definition) is 1. The van der Waals surface area contributed by atoms with Crippen LogP contribution in [-0.4, -0.2) is 35.8 Å². The summed E-state index contributed by atoms with van der Waals surface area (Å²) in [6.45, 7) is 0.993. The molecule has 1 aliphatic rings. The van der Waals surface area contributed by atoms with Crippen molar-refractivity contribution in [3.63, 3.8) is 0 Å². The number of hydrogen-bond acceptors (Lipinski definition) is 3. The number of carbonyl (C=O) groups excluding carboxylic acids is 2. The molecule has 2 amide bonds. The van der Waals surface area contributed by atoms with Crippen LogP contribution in [0.3, 0.4) is 0 Å². The van der Waals surface area contributed by atoms with Crippen molar-refractivity contribution in [1.29, 1.82) is 0 Å². The third-order valence-electron chi connectivity index (χ3n) is 5.44. The molecule has 30 heavy (non-hydrogen) atoms. The van der Waals surface area contributed by atoms with E-state index in [-0.39, 0.29) is 23.7 Å². The minimum atomic E-state index is -0.383. The summed E-state index contributed by atoms with van der Waals surface area (Å²) in [6, 6.07) is 16.4. The molecule has 2 aromatic carbocycles. The molecule has 0 saturated carbocycles. The monoisotopic (exact) mass is 406 g/mol. The zero-order chi connectivity index (χ0) is 20.9. The number of nitrogens with zero attached hydrogens (tertiary/aromatic N) is 1. The number of carbonyl (C=O) groups is 2. The van der Waals surface area contributed by atoms with Crippen molar-refractivity contribution in [1.82, 2.24) is 10.2 Å². The van der Waals surface area contributed by atoms with Gasteiger partial charge in [0.25, 0.3) is 11.8 Å². The Morgan fingerprint density at radius 3 is 2.60 bits per heavy atom. The number of furan rings is 1. The minimum absolute atomic E-state index is 0.0669. The maximum absolute atomic E-state index is 13.4. The van der Waals surface area contributed by atoms with E-state index >= 15 is 0 Å². The molecule has 2 heterocycles. The van der Waals surface area contributed by atoms with Gasteiger partial charge in [-0.2, -0.15) is 0 Å². The van der Waals surface area contributed by atoms with Crippen LogP contribution in [0, 0.1) is 5.82 Å². The molecular weight excluding hydrogens is 383 g/mol. The van der Waals surface area contributed by atoms with Gasteiger partial charge in [0.2, 0.25) is 0 Å². The van der Waals surface area contributed by atoms with Crippen molar-refractivity contribution in [2.75, 3.05) is 13.1 Å². The van der Waals surface area contributed by atoms with E-state index in [9.17, 15) is 14.0 Å². The molecule has 1 N–H and O–H groups in total. The van der Waals surface area contributed by atoms with Crippen LogP contribution < -0.4 is 5.32 Å². The molecule has 5 nitrogen and oxygen atoms in total. The lowest BCUT2D eigenvalue weighted by Crippen LogP contribution is -2.49. The van der Waals surface area contributed by atoms with E-state index in [0.717, 1.165) is 24.8 Å². The van der Waals surface area contributed by atoms with Crippen molar-refractivity contribution >= 4 is 11.8 Å². The third-order valence-corrected chi connectivity index (χ3v) is 5.44. The molecule has 1 unspecified atom stereocenters. The summed E-state index contributed by atoms with van der Waals surface area (Å²) in [6.07, 6.45) is 4.33. The molecule has 1 saturated heterocycles. The first-order chi connectivity index (χ1) is 14.6. The van der Waals surface area contributed by atoms with Gasteiger partial charge in [-0.1, -0.05) is 18.2 Å². The van der Waals surface area contributed by atoms with E-state index in [1.807, 2.05) is 35.2 Å². The number of rotatable bonds is 5. The fourth-order valence-corrected chi connectivity index (χ4v) is 3.86. The Morgan fingerprint density at radius 1 is 1.03 bits per heavy atom. The Balaban J connectivity index is 1.49. The van der Waals surface area contributed by atoms with Crippen LogP contribution >= 0.6 is 0 Å². The Bertz CT molecular complexity index is 1020. The predicted octanol–water partition coefficient (Wildman–Crippen LogP) is 4.51. The van der Waals surface area contributed by atoms with Crippen LogP contribution in [0.15, 0.2) is 71.3 Å². The van der Waals surface area contributed by atoms with Gasteiger partial charge in [-0.3, -0.25) is 9.59 Å². The smallest absolute Gasteiger partial charge is 0.254 e. The lowest BCUT2D eigenvalue weighted by Gasteiger charge is -2.36. The van der Waals surface area contributed by atoms with Gasteiger partial charge in [-0.15, -0.1) is 0 Å². The first kappa shape index (κ1) is 19.9. The minimum Gasteiger partial charge on any atom is -0.464 e. The van der Waals surface area contributed by atoms with E-state index in [0.29, 0.717) is 30.0 Å². The second-order valence-electron chi connectivity index (χ2n) is 7.39. The number of halogens is 1. The van der Waals surface area contributed by atoms with Crippen LogP contribution in [0.2, 0.25) is 0 Å². The number of amides is 2. The van der Waals surface area contributed by atoms with Crippen molar-refractivity contribution < 1.29 is 18.4 Å². The van der Waals surface area contributed by atoms with E-state index in [1.54, 1.807) is 12.3 Å². The summed E-state index contributed by atoms with van der Waals surface area (Å²) >= 11 is 0. The molecule has 1 aromatic heterocycles. The first-order valence-electron chi connectivity index (χ1n) is 10.1. The molecule has 0 radical (unpaired) electrons. The average Bonchev–Trinajstić information content (AvgIpc) is 3.32.